The maximum atomic E-state index is 12.2. The van der Waals surface area contributed by atoms with Crippen LogP contribution in [0.4, 0.5) is 0 Å². The SMILES string of the molecule is CCCCC[C@@]1(C(=O)OCC)O[C@H]1c1ccc(C#N)cc1. The zero-order valence-electron chi connectivity index (χ0n) is 12.6. The number of nitrogens with zero attached hydrogens (tertiary/aromatic N) is 1. The Kier molecular flexibility index (Phi) is 4.98. The molecule has 0 amide bonds. The Morgan fingerprint density at radius 2 is 2.05 bits per heavy atom. The molecule has 2 atom stereocenters. The summed E-state index contributed by atoms with van der Waals surface area (Å²) < 4.78 is 10.9. The van der Waals surface area contributed by atoms with Crippen molar-refractivity contribution < 1.29 is 14.3 Å². The molecule has 2 rings (SSSR count). The van der Waals surface area contributed by atoms with E-state index in [9.17, 15) is 4.79 Å². The van der Waals surface area contributed by atoms with Crippen molar-refractivity contribution in [1.29, 1.82) is 5.26 Å². The maximum absolute atomic E-state index is 12.2. The quantitative estimate of drug-likeness (QED) is 0.437. The van der Waals surface area contributed by atoms with Crippen molar-refractivity contribution in [2.45, 2.75) is 51.2 Å². The van der Waals surface area contributed by atoms with E-state index >= 15 is 0 Å². The highest BCUT2D eigenvalue weighted by atomic mass is 16.7. The third-order valence-electron chi connectivity index (χ3n) is 3.81. The third-order valence-corrected chi connectivity index (χ3v) is 3.81. The van der Waals surface area contributed by atoms with Crippen LogP contribution in [0.2, 0.25) is 0 Å². The number of esters is 1. The highest BCUT2D eigenvalue weighted by Crippen LogP contribution is 2.53. The summed E-state index contributed by atoms with van der Waals surface area (Å²) in [6.07, 6.45) is 3.55. The topological polar surface area (TPSA) is 62.6 Å². The molecule has 112 valence electrons. The molecule has 1 aromatic rings. The number of benzene rings is 1. The van der Waals surface area contributed by atoms with Gasteiger partial charge in [-0.15, -0.1) is 0 Å². The van der Waals surface area contributed by atoms with Gasteiger partial charge in [-0.05, 0) is 37.5 Å². The molecule has 1 aliphatic rings. The first kappa shape index (κ1) is 15.5. The van der Waals surface area contributed by atoms with E-state index in [1.165, 1.54) is 0 Å². The molecule has 4 heteroatoms. The number of unbranched alkanes of at least 4 members (excludes halogenated alkanes) is 2. The Labute approximate surface area is 125 Å². The lowest BCUT2D eigenvalue weighted by Crippen LogP contribution is -2.28. The lowest BCUT2D eigenvalue weighted by molar-refractivity contribution is -0.149. The molecule has 0 radical (unpaired) electrons. The minimum Gasteiger partial charge on any atom is -0.464 e. The molecule has 4 nitrogen and oxygen atoms in total. The standard InChI is InChI=1S/C17H21NO3/c1-3-5-6-11-17(16(19)20-4-2)15(21-17)14-9-7-13(12-18)8-10-14/h7-10,15H,3-6,11H2,1-2H3/t15-,17+/m0/s1. The summed E-state index contributed by atoms with van der Waals surface area (Å²) in [6, 6.07) is 9.29. The largest absolute Gasteiger partial charge is 0.464 e. The lowest BCUT2D eigenvalue weighted by Gasteiger charge is -2.11. The number of carbonyl (C=O) groups excluding carboxylic acids is 1. The second kappa shape index (κ2) is 6.73. The van der Waals surface area contributed by atoms with Gasteiger partial charge in [-0.25, -0.2) is 4.79 Å². The van der Waals surface area contributed by atoms with E-state index in [0.29, 0.717) is 18.6 Å². The first-order chi connectivity index (χ1) is 10.2. The van der Waals surface area contributed by atoms with E-state index in [0.717, 1.165) is 24.8 Å². The maximum Gasteiger partial charge on any atom is 0.341 e. The van der Waals surface area contributed by atoms with E-state index in [-0.39, 0.29) is 12.1 Å². The molecule has 21 heavy (non-hydrogen) atoms. The molecular formula is C17H21NO3. The van der Waals surface area contributed by atoms with Crippen LogP contribution in [-0.4, -0.2) is 18.2 Å². The Morgan fingerprint density at radius 1 is 1.33 bits per heavy atom. The van der Waals surface area contributed by atoms with Crippen LogP contribution in [0.3, 0.4) is 0 Å². The molecular weight excluding hydrogens is 266 g/mol. The average Bonchev–Trinajstić information content (AvgIpc) is 3.24. The number of ether oxygens (including phenoxy) is 2. The monoisotopic (exact) mass is 287 g/mol. The van der Waals surface area contributed by atoms with Crippen LogP contribution in [0.25, 0.3) is 0 Å². The van der Waals surface area contributed by atoms with E-state index in [1.807, 2.05) is 12.1 Å². The van der Waals surface area contributed by atoms with Gasteiger partial charge in [0, 0.05) is 0 Å². The molecule has 0 aromatic heterocycles. The Morgan fingerprint density at radius 3 is 2.62 bits per heavy atom. The van der Waals surface area contributed by atoms with Crippen molar-refractivity contribution in [1.82, 2.24) is 0 Å². The van der Waals surface area contributed by atoms with Crippen molar-refractivity contribution in [2.75, 3.05) is 6.61 Å². The van der Waals surface area contributed by atoms with Crippen LogP contribution in [0.5, 0.6) is 0 Å². The van der Waals surface area contributed by atoms with Crippen molar-refractivity contribution in [3.05, 3.63) is 35.4 Å². The van der Waals surface area contributed by atoms with E-state index in [1.54, 1.807) is 19.1 Å². The number of epoxide rings is 1. The van der Waals surface area contributed by atoms with Gasteiger partial charge in [0.15, 0.2) is 5.60 Å². The molecule has 0 aliphatic carbocycles. The first-order valence-electron chi connectivity index (χ1n) is 7.53. The molecule has 0 bridgehead atoms. The summed E-state index contributed by atoms with van der Waals surface area (Å²) in [7, 11) is 0. The lowest BCUT2D eigenvalue weighted by atomic mass is 9.93. The smallest absolute Gasteiger partial charge is 0.341 e. The molecule has 1 fully saturated rings. The second-order valence-electron chi connectivity index (χ2n) is 5.30. The molecule has 1 aliphatic heterocycles. The first-order valence-corrected chi connectivity index (χ1v) is 7.53. The van der Waals surface area contributed by atoms with Crippen LogP contribution in [0, 0.1) is 11.3 Å². The summed E-state index contributed by atoms with van der Waals surface area (Å²) in [6.45, 7) is 4.29. The summed E-state index contributed by atoms with van der Waals surface area (Å²) in [4.78, 5) is 12.2. The number of rotatable bonds is 7. The third kappa shape index (κ3) is 3.25. The number of hydrogen-bond acceptors (Lipinski definition) is 4. The van der Waals surface area contributed by atoms with Gasteiger partial charge in [-0.1, -0.05) is 31.9 Å². The van der Waals surface area contributed by atoms with Gasteiger partial charge in [-0.3, -0.25) is 0 Å². The summed E-state index contributed by atoms with van der Waals surface area (Å²) in [5.41, 5.74) is 0.713. The van der Waals surface area contributed by atoms with Crippen molar-refractivity contribution >= 4 is 5.97 Å². The van der Waals surface area contributed by atoms with Gasteiger partial charge in [0.25, 0.3) is 0 Å². The van der Waals surface area contributed by atoms with Gasteiger partial charge < -0.3 is 9.47 Å². The molecule has 0 unspecified atom stereocenters. The second-order valence-corrected chi connectivity index (χ2v) is 5.30. The Bertz CT molecular complexity index is 532. The summed E-state index contributed by atoms with van der Waals surface area (Å²) >= 11 is 0. The van der Waals surface area contributed by atoms with E-state index in [2.05, 4.69) is 13.0 Å². The Balaban J connectivity index is 2.12. The van der Waals surface area contributed by atoms with Crippen molar-refractivity contribution in [2.24, 2.45) is 0 Å². The van der Waals surface area contributed by atoms with Crippen molar-refractivity contribution in [3.63, 3.8) is 0 Å². The minimum atomic E-state index is -0.820. The highest BCUT2D eigenvalue weighted by Gasteiger charge is 2.63. The summed E-state index contributed by atoms with van der Waals surface area (Å²) in [5.74, 6) is -0.268. The molecule has 1 heterocycles. The zero-order chi connectivity index (χ0) is 15.3. The molecule has 0 spiro atoms. The fourth-order valence-electron chi connectivity index (χ4n) is 2.58. The van der Waals surface area contributed by atoms with E-state index < -0.39 is 5.60 Å². The van der Waals surface area contributed by atoms with E-state index in [4.69, 9.17) is 14.7 Å². The van der Waals surface area contributed by atoms with Crippen LogP contribution >= 0.6 is 0 Å². The fraction of sp³-hybridized carbons (Fsp3) is 0.529. The molecule has 0 N–H and O–H groups in total. The van der Waals surface area contributed by atoms with Gasteiger partial charge >= 0.3 is 5.97 Å². The van der Waals surface area contributed by atoms with Crippen LogP contribution in [0.15, 0.2) is 24.3 Å². The Hall–Kier alpha value is -1.86. The summed E-state index contributed by atoms with van der Waals surface area (Å²) in [5, 5.41) is 8.83. The minimum absolute atomic E-state index is 0.249. The predicted octanol–water partition coefficient (Wildman–Crippen LogP) is 3.51. The van der Waals surface area contributed by atoms with Crippen molar-refractivity contribution in [3.8, 4) is 6.07 Å². The number of nitriles is 1. The molecule has 0 saturated carbocycles. The molecule has 1 saturated heterocycles. The zero-order valence-corrected chi connectivity index (χ0v) is 12.6. The highest BCUT2D eigenvalue weighted by molar-refractivity contribution is 5.84. The number of carbonyl (C=O) groups is 1. The van der Waals surface area contributed by atoms with Gasteiger partial charge in [0.1, 0.15) is 6.10 Å². The van der Waals surface area contributed by atoms with Gasteiger partial charge in [0.2, 0.25) is 0 Å². The predicted molar refractivity (Wildman–Crippen MR) is 78.5 cm³/mol. The van der Waals surface area contributed by atoms with Crippen LogP contribution in [-0.2, 0) is 14.3 Å². The fourth-order valence-corrected chi connectivity index (χ4v) is 2.58. The van der Waals surface area contributed by atoms with Crippen LogP contribution < -0.4 is 0 Å². The van der Waals surface area contributed by atoms with Gasteiger partial charge in [-0.2, -0.15) is 5.26 Å². The van der Waals surface area contributed by atoms with Crippen LogP contribution in [0.1, 0.15) is 56.8 Å². The number of hydrogen-bond donors (Lipinski definition) is 0. The molecule has 1 aromatic carbocycles. The van der Waals surface area contributed by atoms with Gasteiger partial charge in [0.05, 0.1) is 18.2 Å². The normalized spacial score (nSPS) is 23.4. The average molecular weight is 287 g/mol.